The molecule has 0 aromatic rings. The van der Waals surface area contributed by atoms with Gasteiger partial charge in [-0.3, -0.25) is 0 Å². The Hall–Kier alpha value is -0.120. The summed E-state index contributed by atoms with van der Waals surface area (Å²) in [5, 5.41) is 12.6. The Morgan fingerprint density at radius 2 is 2.14 bits per heavy atom. The zero-order valence-corrected chi connectivity index (χ0v) is 9.55. The zero-order valence-electron chi connectivity index (χ0n) is 9.55. The maximum Gasteiger partial charge on any atom is 0.0668 e. The number of ether oxygens (including phenoxy) is 1. The van der Waals surface area contributed by atoms with E-state index in [-0.39, 0.29) is 12.1 Å². The van der Waals surface area contributed by atoms with Crippen molar-refractivity contribution in [1.82, 2.24) is 5.32 Å². The van der Waals surface area contributed by atoms with Crippen LogP contribution in [0.1, 0.15) is 33.6 Å². The topological polar surface area (TPSA) is 41.5 Å². The second-order valence-electron chi connectivity index (χ2n) is 4.98. The fourth-order valence-corrected chi connectivity index (χ4v) is 1.57. The maximum atomic E-state index is 9.27. The molecule has 14 heavy (non-hydrogen) atoms. The summed E-state index contributed by atoms with van der Waals surface area (Å²) in [5.74, 6) is 0.789. The molecule has 2 N–H and O–H groups in total. The van der Waals surface area contributed by atoms with E-state index < -0.39 is 0 Å². The number of nitrogens with one attached hydrogen (secondary N) is 1. The third-order valence-corrected chi connectivity index (χ3v) is 2.46. The van der Waals surface area contributed by atoms with Crippen LogP contribution in [0.15, 0.2) is 0 Å². The predicted octanol–water partition coefficient (Wildman–Crippen LogP) is 1.16. The highest BCUT2D eigenvalue weighted by atomic mass is 16.5. The van der Waals surface area contributed by atoms with E-state index in [2.05, 4.69) is 19.2 Å². The summed E-state index contributed by atoms with van der Waals surface area (Å²) in [6.07, 6.45) is 2.63. The van der Waals surface area contributed by atoms with Crippen molar-refractivity contribution in [3.63, 3.8) is 0 Å². The molecule has 0 spiro atoms. The van der Waals surface area contributed by atoms with Gasteiger partial charge >= 0.3 is 0 Å². The molecule has 3 nitrogen and oxygen atoms in total. The van der Waals surface area contributed by atoms with Crippen LogP contribution in [0.5, 0.6) is 0 Å². The SMILES string of the molecule is CC(C)NC(C)(CO)COCC1CC1. The first-order valence-corrected chi connectivity index (χ1v) is 5.52. The lowest BCUT2D eigenvalue weighted by Crippen LogP contribution is -2.52. The van der Waals surface area contributed by atoms with Gasteiger partial charge in [0.05, 0.1) is 18.8 Å². The molecule has 0 aliphatic heterocycles. The first-order valence-electron chi connectivity index (χ1n) is 5.52. The Labute approximate surface area is 86.8 Å². The quantitative estimate of drug-likeness (QED) is 0.649. The smallest absolute Gasteiger partial charge is 0.0668 e. The molecular formula is C11H23NO2. The largest absolute Gasteiger partial charge is 0.394 e. The fourth-order valence-electron chi connectivity index (χ4n) is 1.57. The molecule has 1 rings (SSSR count). The van der Waals surface area contributed by atoms with Gasteiger partial charge in [-0.1, -0.05) is 13.8 Å². The molecule has 1 saturated carbocycles. The van der Waals surface area contributed by atoms with Gasteiger partial charge < -0.3 is 15.2 Å². The molecule has 1 atom stereocenters. The van der Waals surface area contributed by atoms with Gasteiger partial charge in [0.1, 0.15) is 0 Å². The van der Waals surface area contributed by atoms with Crippen LogP contribution in [0, 0.1) is 5.92 Å². The number of rotatable bonds is 7. The molecule has 0 aromatic carbocycles. The van der Waals surface area contributed by atoms with Crippen molar-refractivity contribution in [2.45, 2.75) is 45.2 Å². The molecule has 0 amide bonds. The van der Waals surface area contributed by atoms with E-state index in [1.54, 1.807) is 0 Å². The van der Waals surface area contributed by atoms with Crippen molar-refractivity contribution in [3.05, 3.63) is 0 Å². The van der Waals surface area contributed by atoms with Crippen LogP contribution in [0.2, 0.25) is 0 Å². The molecule has 3 heteroatoms. The average molecular weight is 201 g/mol. The van der Waals surface area contributed by atoms with Crippen LogP contribution in [0.25, 0.3) is 0 Å². The van der Waals surface area contributed by atoms with Crippen molar-refractivity contribution in [1.29, 1.82) is 0 Å². The normalized spacial score (nSPS) is 21.2. The summed E-state index contributed by atoms with van der Waals surface area (Å²) in [5.41, 5.74) is -0.289. The summed E-state index contributed by atoms with van der Waals surface area (Å²) in [6.45, 7) is 7.73. The van der Waals surface area contributed by atoms with Crippen LogP contribution >= 0.6 is 0 Å². The van der Waals surface area contributed by atoms with Crippen LogP contribution in [0.4, 0.5) is 0 Å². The van der Waals surface area contributed by atoms with E-state index >= 15 is 0 Å². The Morgan fingerprint density at radius 1 is 1.50 bits per heavy atom. The van der Waals surface area contributed by atoms with Crippen molar-refractivity contribution in [2.24, 2.45) is 5.92 Å². The van der Waals surface area contributed by atoms with E-state index in [1.165, 1.54) is 12.8 Å². The second-order valence-corrected chi connectivity index (χ2v) is 4.98. The van der Waals surface area contributed by atoms with Crippen LogP contribution in [-0.2, 0) is 4.74 Å². The minimum absolute atomic E-state index is 0.121. The lowest BCUT2D eigenvalue weighted by atomic mass is 10.0. The minimum atomic E-state index is -0.289. The number of hydrogen-bond acceptors (Lipinski definition) is 3. The van der Waals surface area contributed by atoms with Gasteiger partial charge in [0.25, 0.3) is 0 Å². The Bertz CT molecular complexity index is 169. The van der Waals surface area contributed by atoms with Gasteiger partial charge in [-0.05, 0) is 25.7 Å². The van der Waals surface area contributed by atoms with Gasteiger partial charge in [0, 0.05) is 12.6 Å². The monoisotopic (exact) mass is 201 g/mol. The molecule has 1 fully saturated rings. The third-order valence-electron chi connectivity index (χ3n) is 2.46. The summed E-state index contributed by atoms with van der Waals surface area (Å²) >= 11 is 0. The Morgan fingerprint density at radius 3 is 2.57 bits per heavy atom. The highest BCUT2D eigenvalue weighted by molar-refractivity contribution is 4.84. The lowest BCUT2D eigenvalue weighted by molar-refractivity contribution is 0.0357. The maximum absolute atomic E-state index is 9.27. The Kier molecular flexibility index (Phi) is 4.35. The van der Waals surface area contributed by atoms with Gasteiger partial charge in [0.15, 0.2) is 0 Å². The second kappa shape index (κ2) is 5.10. The molecule has 84 valence electrons. The van der Waals surface area contributed by atoms with Crippen molar-refractivity contribution in [3.8, 4) is 0 Å². The molecule has 1 unspecified atom stereocenters. The number of aliphatic hydroxyl groups is 1. The summed E-state index contributed by atoms with van der Waals surface area (Å²) in [7, 11) is 0. The average Bonchev–Trinajstić information content (AvgIpc) is 2.87. The zero-order chi connectivity index (χ0) is 10.6. The molecule has 1 aliphatic carbocycles. The van der Waals surface area contributed by atoms with Crippen LogP contribution < -0.4 is 5.32 Å². The minimum Gasteiger partial charge on any atom is -0.394 e. The first-order chi connectivity index (χ1) is 6.56. The van der Waals surface area contributed by atoms with E-state index in [9.17, 15) is 5.11 Å². The highest BCUT2D eigenvalue weighted by Gasteiger charge is 2.26. The van der Waals surface area contributed by atoms with E-state index in [1.807, 2.05) is 6.92 Å². The Balaban J connectivity index is 2.19. The van der Waals surface area contributed by atoms with Gasteiger partial charge in [-0.15, -0.1) is 0 Å². The number of hydrogen-bond donors (Lipinski definition) is 2. The fraction of sp³-hybridized carbons (Fsp3) is 1.00. The van der Waals surface area contributed by atoms with Crippen molar-refractivity contribution < 1.29 is 9.84 Å². The number of aliphatic hydroxyl groups excluding tert-OH is 1. The molecule has 1 aliphatic rings. The van der Waals surface area contributed by atoms with Crippen molar-refractivity contribution in [2.75, 3.05) is 19.8 Å². The molecular weight excluding hydrogens is 178 g/mol. The predicted molar refractivity (Wildman–Crippen MR) is 57.3 cm³/mol. The molecule has 0 aromatic heterocycles. The molecule has 0 radical (unpaired) electrons. The third kappa shape index (κ3) is 4.40. The standard InChI is InChI=1S/C11H23NO2/c1-9(2)12-11(3,7-13)8-14-6-10-4-5-10/h9-10,12-13H,4-8H2,1-3H3. The molecule has 0 saturated heterocycles. The van der Waals surface area contributed by atoms with Crippen molar-refractivity contribution >= 4 is 0 Å². The van der Waals surface area contributed by atoms with Gasteiger partial charge in [-0.25, -0.2) is 0 Å². The lowest BCUT2D eigenvalue weighted by Gasteiger charge is -2.30. The molecule has 0 bridgehead atoms. The van der Waals surface area contributed by atoms with Crippen LogP contribution in [0.3, 0.4) is 0 Å². The summed E-state index contributed by atoms with van der Waals surface area (Å²) in [4.78, 5) is 0. The van der Waals surface area contributed by atoms with E-state index in [4.69, 9.17) is 4.74 Å². The van der Waals surface area contributed by atoms with Gasteiger partial charge in [-0.2, -0.15) is 0 Å². The van der Waals surface area contributed by atoms with E-state index in [0.717, 1.165) is 12.5 Å². The molecule has 0 heterocycles. The summed E-state index contributed by atoms with van der Waals surface area (Å²) in [6, 6.07) is 0.372. The summed E-state index contributed by atoms with van der Waals surface area (Å²) < 4.78 is 5.59. The van der Waals surface area contributed by atoms with Gasteiger partial charge in [0.2, 0.25) is 0 Å². The van der Waals surface area contributed by atoms with Crippen LogP contribution in [-0.4, -0.2) is 36.5 Å². The highest BCUT2D eigenvalue weighted by Crippen LogP contribution is 2.29. The van der Waals surface area contributed by atoms with E-state index in [0.29, 0.717) is 12.6 Å². The first kappa shape index (κ1) is 12.0.